The predicted molar refractivity (Wildman–Crippen MR) is 46.9 cm³/mol. The van der Waals surface area contributed by atoms with Gasteiger partial charge < -0.3 is 10.1 Å². The third kappa shape index (κ3) is 3.22. The first-order valence-electron chi connectivity index (χ1n) is 4.59. The number of amides is 1. The van der Waals surface area contributed by atoms with E-state index in [0.29, 0.717) is 13.0 Å². The zero-order chi connectivity index (χ0) is 8.97. The molecule has 1 N–H and O–H groups in total. The Labute approximate surface area is 73.5 Å². The summed E-state index contributed by atoms with van der Waals surface area (Å²) in [6, 6.07) is 0.244. The Morgan fingerprint density at radius 3 is 3.00 bits per heavy atom. The van der Waals surface area contributed by atoms with Crippen LogP contribution in [0.1, 0.15) is 33.1 Å². The van der Waals surface area contributed by atoms with Gasteiger partial charge in [-0.3, -0.25) is 4.79 Å². The molecule has 0 aromatic carbocycles. The molecule has 0 radical (unpaired) electrons. The predicted octanol–water partition coefficient (Wildman–Crippen LogP) is 1.08. The van der Waals surface area contributed by atoms with Gasteiger partial charge in [0.2, 0.25) is 5.91 Å². The number of piperidine rings is 1. The molecule has 1 rings (SSSR count). The fourth-order valence-corrected chi connectivity index (χ4v) is 1.31. The lowest BCUT2D eigenvalue weighted by molar-refractivity contribution is -0.124. The highest BCUT2D eigenvalue weighted by Crippen LogP contribution is 2.08. The summed E-state index contributed by atoms with van der Waals surface area (Å²) in [4.78, 5) is 11.0. The fraction of sp³-hybridized carbons (Fsp3) is 0.889. The Morgan fingerprint density at radius 1 is 1.67 bits per heavy atom. The van der Waals surface area contributed by atoms with Crippen molar-refractivity contribution in [2.45, 2.75) is 45.3 Å². The minimum atomic E-state index is 0.165. The number of hydrogen-bond donors (Lipinski definition) is 1. The van der Waals surface area contributed by atoms with Crippen molar-refractivity contribution in [1.82, 2.24) is 5.32 Å². The van der Waals surface area contributed by atoms with E-state index in [1.54, 1.807) is 0 Å². The molecule has 0 unspecified atom stereocenters. The van der Waals surface area contributed by atoms with Gasteiger partial charge in [-0.05, 0) is 26.7 Å². The van der Waals surface area contributed by atoms with Crippen LogP contribution in [0.5, 0.6) is 0 Å². The summed E-state index contributed by atoms with van der Waals surface area (Å²) in [6.07, 6.45) is 2.98. The number of nitrogens with one attached hydrogen (secondary N) is 1. The van der Waals surface area contributed by atoms with Crippen molar-refractivity contribution < 1.29 is 9.53 Å². The van der Waals surface area contributed by atoms with Crippen molar-refractivity contribution in [3.63, 3.8) is 0 Å². The molecule has 0 saturated carbocycles. The summed E-state index contributed by atoms with van der Waals surface area (Å²) >= 11 is 0. The molecule has 70 valence electrons. The summed E-state index contributed by atoms with van der Waals surface area (Å²) in [7, 11) is 0. The first-order chi connectivity index (χ1) is 5.68. The van der Waals surface area contributed by atoms with Gasteiger partial charge in [-0.15, -0.1) is 0 Å². The lowest BCUT2D eigenvalue weighted by Gasteiger charge is -2.23. The van der Waals surface area contributed by atoms with E-state index in [2.05, 4.69) is 5.32 Å². The van der Waals surface area contributed by atoms with Gasteiger partial charge in [0, 0.05) is 6.42 Å². The third-order valence-corrected chi connectivity index (χ3v) is 1.95. The van der Waals surface area contributed by atoms with Crippen LogP contribution in [-0.4, -0.2) is 24.7 Å². The van der Waals surface area contributed by atoms with E-state index >= 15 is 0 Å². The van der Waals surface area contributed by atoms with Crippen LogP contribution < -0.4 is 5.32 Å². The topological polar surface area (TPSA) is 38.3 Å². The molecule has 1 amide bonds. The van der Waals surface area contributed by atoms with E-state index in [-0.39, 0.29) is 18.1 Å². The summed E-state index contributed by atoms with van der Waals surface area (Å²) < 4.78 is 5.41. The molecule has 1 saturated heterocycles. The monoisotopic (exact) mass is 171 g/mol. The molecule has 3 nitrogen and oxygen atoms in total. The zero-order valence-corrected chi connectivity index (χ0v) is 7.80. The fourth-order valence-electron chi connectivity index (χ4n) is 1.31. The highest BCUT2D eigenvalue weighted by Gasteiger charge is 2.17. The summed E-state index contributed by atoms with van der Waals surface area (Å²) in [5, 5.41) is 2.91. The molecule has 0 aromatic heterocycles. The number of carbonyl (C=O) groups excluding carboxylic acids is 1. The number of ether oxygens (including phenoxy) is 1. The van der Waals surface area contributed by atoms with Crippen LogP contribution in [0.4, 0.5) is 0 Å². The van der Waals surface area contributed by atoms with Gasteiger partial charge in [0.1, 0.15) is 0 Å². The van der Waals surface area contributed by atoms with Crippen molar-refractivity contribution in [2.75, 3.05) is 6.61 Å². The molecule has 1 aliphatic heterocycles. The lowest BCUT2D eigenvalue weighted by atomic mass is 10.1. The van der Waals surface area contributed by atoms with Gasteiger partial charge in [-0.2, -0.15) is 0 Å². The van der Waals surface area contributed by atoms with Gasteiger partial charge in [0.15, 0.2) is 0 Å². The molecular weight excluding hydrogens is 154 g/mol. The molecular formula is C9H17NO2. The van der Waals surface area contributed by atoms with E-state index in [1.165, 1.54) is 0 Å². The Balaban J connectivity index is 2.18. The SMILES string of the molecule is CC(C)OC[C@@H]1CCCC(=O)N1. The van der Waals surface area contributed by atoms with Crippen LogP contribution in [0.2, 0.25) is 0 Å². The molecule has 3 heteroatoms. The maximum Gasteiger partial charge on any atom is 0.220 e. The van der Waals surface area contributed by atoms with Crippen molar-refractivity contribution >= 4 is 5.91 Å². The molecule has 0 aromatic rings. The quantitative estimate of drug-likeness (QED) is 0.690. The van der Waals surface area contributed by atoms with Gasteiger partial charge in [0.05, 0.1) is 18.8 Å². The Hall–Kier alpha value is -0.570. The highest BCUT2D eigenvalue weighted by atomic mass is 16.5. The van der Waals surface area contributed by atoms with Gasteiger partial charge in [-0.25, -0.2) is 0 Å². The molecule has 0 bridgehead atoms. The normalized spacial score (nSPS) is 24.2. The van der Waals surface area contributed by atoms with Crippen molar-refractivity contribution in [1.29, 1.82) is 0 Å². The molecule has 0 aliphatic carbocycles. The van der Waals surface area contributed by atoms with E-state index < -0.39 is 0 Å². The van der Waals surface area contributed by atoms with Crippen LogP contribution in [0.3, 0.4) is 0 Å². The number of rotatable bonds is 3. The van der Waals surface area contributed by atoms with Crippen LogP contribution in [0.25, 0.3) is 0 Å². The minimum absolute atomic E-state index is 0.165. The number of carbonyl (C=O) groups is 1. The smallest absolute Gasteiger partial charge is 0.220 e. The maximum atomic E-state index is 11.0. The summed E-state index contributed by atoms with van der Waals surface area (Å²) in [5.74, 6) is 0.165. The minimum Gasteiger partial charge on any atom is -0.377 e. The second kappa shape index (κ2) is 4.45. The molecule has 1 atom stereocenters. The zero-order valence-electron chi connectivity index (χ0n) is 7.80. The average Bonchev–Trinajstić information content (AvgIpc) is 2.01. The van der Waals surface area contributed by atoms with Crippen LogP contribution in [-0.2, 0) is 9.53 Å². The van der Waals surface area contributed by atoms with E-state index in [1.807, 2.05) is 13.8 Å². The van der Waals surface area contributed by atoms with Gasteiger partial charge in [-0.1, -0.05) is 0 Å². The molecule has 1 heterocycles. The molecule has 0 spiro atoms. The van der Waals surface area contributed by atoms with Gasteiger partial charge >= 0.3 is 0 Å². The second-order valence-electron chi connectivity index (χ2n) is 3.54. The van der Waals surface area contributed by atoms with Crippen LogP contribution in [0.15, 0.2) is 0 Å². The average molecular weight is 171 g/mol. The molecule has 1 fully saturated rings. The van der Waals surface area contributed by atoms with E-state index in [9.17, 15) is 4.79 Å². The van der Waals surface area contributed by atoms with Crippen molar-refractivity contribution in [3.05, 3.63) is 0 Å². The lowest BCUT2D eigenvalue weighted by Crippen LogP contribution is -2.42. The van der Waals surface area contributed by atoms with Crippen LogP contribution >= 0.6 is 0 Å². The number of hydrogen-bond acceptors (Lipinski definition) is 2. The first-order valence-corrected chi connectivity index (χ1v) is 4.59. The first kappa shape index (κ1) is 9.52. The highest BCUT2D eigenvalue weighted by molar-refractivity contribution is 5.76. The standard InChI is InChI=1S/C9H17NO2/c1-7(2)12-6-8-4-3-5-9(11)10-8/h7-8H,3-6H2,1-2H3,(H,10,11)/t8-/m0/s1. The van der Waals surface area contributed by atoms with Crippen LogP contribution in [0, 0.1) is 0 Å². The maximum absolute atomic E-state index is 11.0. The Kier molecular flexibility index (Phi) is 3.53. The van der Waals surface area contributed by atoms with E-state index in [0.717, 1.165) is 12.8 Å². The summed E-state index contributed by atoms with van der Waals surface area (Å²) in [6.45, 7) is 4.67. The van der Waals surface area contributed by atoms with Crippen molar-refractivity contribution in [3.8, 4) is 0 Å². The van der Waals surface area contributed by atoms with Gasteiger partial charge in [0.25, 0.3) is 0 Å². The third-order valence-electron chi connectivity index (χ3n) is 1.95. The van der Waals surface area contributed by atoms with Crippen molar-refractivity contribution in [2.24, 2.45) is 0 Å². The Morgan fingerprint density at radius 2 is 2.42 bits per heavy atom. The molecule has 1 aliphatic rings. The summed E-state index contributed by atoms with van der Waals surface area (Å²) in [5.41, 5.74) is 0. The Bertz CT molecular complexity index is 157. The van der Waals surface area contributed by atoms with E-state index in [4.69, 9.17) is 4.74 Å². The largest absolute Gasteiger partial charge is 0.377 e. The molecule has 12 heavy (non-hydrogen) atoms. The second-order valence-corrected chi connectivity index (χ2v) is 3.54.